The Morgan fingerprint density at radius 3 is 2.65 bits per heavy atom. The van der Waals surface area contributed by atoms with Gasteiger partial charge in [0.15, 0.2) is 9.84 Å². The minimum Gasteiger partial charge on any atom is -0.478 e. The Morgan fingerprint density at radius 1 is 1.47 bits per heavy atom. The number of hydrogen-bond donors (Lipinski definition) is 1. The van der Waals surface area contributed by atoms with Crippen LogP contribution in [-0.2, 0) is 9.84 Å². The molecule has 0 saturated heterocycles. The van der Waals surface area contributed by atoms with Gasteiger partial charge in [0.1, 0.15) is 0 Å². The minimum atomic E-state index is -3.55. The molecule has 7 heteroatoms. The average Bonchev–Trinajstić information content (AvgIpc) is 2.26. The van der Waals surface area contributed by atoms with Gasteiger partial charge in [-0.3, -0.25) is 0 Å². The van der Waals surface area contributed by atoms with Gasteiger partial charge in [-0.1, -0.05) is 17.7 Å². The second kappa shape index (κ2) is 5.66. The van der Waals surface area contributed by atoms with Gasteiger partial charge in [-0.25, -0.2) is 13.2 Å². The topological polar surface area (TPSA) is 71.4 Å². The molecule has 0 aliphatic carbocycles. The van der Waals surface area contributed by atoms with Crippen LogP contribution in [0.2, 0.25) is 0 Å². The van der Waals surface area contributed by atoms with Gasteiger partial charge >= 0.3 is 5.97 Å². The van der Waals surface area contributed by atoms with Crippen molar-refractivity contribution in [1.82, 2.24) is 0 Å². The van der Waals surface area contributed by atoms with Crippen LogP contribution in [0.5, 0.6) is 0 Å². The fourth-order valence-electron chi connectivity index (χ4n) is 1.12. The lowest BCUT2D eigenvalue weighted by atomic mass is 10.2. The van der Waals surface area contributed by atoms with E-state index in [4.69, 9.17) is 16.7 Å². The fraction of sp³-hybridized carbons (Fsp3) is 0.100. The van der Waals surface area contributed by atoms with Gasteiger partial charge in [0.2, 0.25) is 0 Å². The van der Waals surface area contributed by atoms with E-state index in [-0.39, 0.29) is 16.2 Å². The van der Waals surface area contributed by atoms with Gasteiger partial charge < -0.3 is 5.11 Å². The normalized spacial score (nSPS) is 11.9. The number of rotatable bonds is 4. The smallest absolute Gasteiger partial charge is 0.336 e. The molecule has 1 aromatic rings. The lowest BCUT2D eigenvalue weighted by Gasteiger charge is -2.04. The Morgan fingerprint density at radius 2 is 2.12 bits per heavy atom. The SMILES string of the molecule is O=C(O)c1cc(S(=O)(=O)C/C=C/Cl)ccc1Br. The summed E-state index contributed by atoms with van der Waals surface area (Å²) < 4.78 is 23.8. The molecule has 0 saturated carbocycles. The summed E-state index contributed by atoms with van der Waals surface area (Å²) in [7, 11) is -3.55. The van der Waals surface area contributed by atoms with Gasteiger partial charge in [0, 0.05) is 10.0 Å². The fourth-order valence-corrected chi connectivity index (χ4v) is 2.85. The van der Waals surface area contributed by atoms with Crippen molar-refractivity contribution >= 4 is 43.3 Å². The molecule has 0 bridgehead atoms. The average molecular weight is 340 g/mol. The third-order valence-electron chi connectivity index (χ3n) is 1.93. The third-order valence-corrected chi connectivity index (χ3v) is 4.41. The maximum atomic E-state index is 11.8. The monoisotopic (exact) mass is 338 g/mol. The number of aromatic carboxylic acids is 1. The lowest BCUT2D eigenvalue weighted by Crippen LogP contribution is -2.07. The molecule has 0 fully saturated rings. The van der Waals surface area contributed by atoms with Crippen LogP contribution in [0.25, 0.3) is 0 Å². The van der Waals surface area contributed by atoms with Crippen molar-refractivity contribution in [3.05, 3.63) is 39.8 Å². The highest BCUT2D eigenvalue weighted by molar-refractivity contribution is 9.10. The Bertz CT molecular complexity index is 566. The summed E-state index contributed by atoms with van der Waals surface area (Å²) in [6.07, 6.45) is 1.28. The second-order valence-corrected chi connectivity index (χ2v) is 6.23. The molecule has 17 heavy (non-hydrogen) atoms. The molecule has 0 unspecified atom stereocenters. The van der Waals surface area contributed by atoms with E-state index in [0.717, 1.165) is 11.6 Å². The Hall–Kier alpha value is -0.850. The summed E-state index contributed by atoms with van der Waals surface area (Å²) in [5, 5.41) is 8.87. The van der Waals surface area contributed by atoms with Gasteiger partial charge in [0.25, 0.3) is 0 Å². The van der Waals surface area contributed by atoms with Gasteiger partial charge in [-0.15, -0.1) is 0 Å². The first kappa shape index (κ1) is 14.2. The van der Waals surface area contributed by atoms with Crippen LogP contribution in [0.4, 0.5) is 0 Å². The number of carboxylic acid groups (broad SMARTS) is 1. The molecule has 0 spiro atoms. The summed E-state index contributed by atoms with van der Waals surface area (Å²) in [6, 6.07) is 3.85. The summed E-state index contributed by atoms with van der Waals surface area (Å²) >= 11 is 8.30. The van der Waals surface area contributed by atoms with Crippen molar-refractivity contribution < 1.29 is 18.3 Å². The molecule has 1 rings (SSSR count). The van der Waals surface area contributed by atoms with Gasteiger partial charge in [-0.2, -0.15) is 0 Å². The molecule has 0 atom stereocenters. The largest absolute Gasteiger partial charge is 0.478 e. The molecule has 92 valence electrons. The molecule has 0 aromatic heterocycles. The van der Waals surface area contributed by atoms with E-state index in [1.54, 1.807) is 0 Å². The van der Waals surface area contributed by atoms with Gasteiger partial charge in [0.05, 0.1) is 16.2 Å². The number of hydrogen-bond acceptors (Lipinski definition) is 3. The molecular weight excluding hydrogens is 332 g/mol. The van der Waals surface area contributed by atoms with Crippen LogP contribution >= 0.6 is 27.5 Å². The van der Waals surface area contributed by atoms with Crippen LogP contribution in [-0.4, -0.2) is 25.2 Å². The van der Waals surface area contributed by atoms with Crippen LogP contribution in [0, 0.1) is 0 Å². The predicted octanol–water partition coefficient (Wildman–Crippen LogP) is 2.67. The highest BCUT2D eigenvalue weighted by Crippen LogP contribution is 2.22. The van der Waals surface area contributed by atoms with Crippen molar-refractivity contribution in [1.29, 1.82) is 0 Å². The molecule has 1 aromatic carbocycles. The number of carboxylic acids is 1. The van der Waals surface area contributed by atoms with E-state index >= 15 is 0 Å². The Balaban J connectivity index is 3.25. The number of carbonyl (C=O) groups is 1. The van der Waals surface area contributed by atoms with E-state index in [1.807, 2.05) is 0 Å². The maximum absolute atomic E-state index is 11.8. The first-order chi connectivity index (χ1) is 7.88. The predicted molar refractivity (Wildman–Crippen MR) is 68.1 cm³/mol. The van der Waals surface area contributed by atoms with Crippen LogP contribution < -0.4 is 0 Å². The minimum absolute atomic E-state index is 0.0483. The number of sulfone groups is 1. The summed E-state index contributed by atoms with van der Waals surface area (Å²) in [6.45, 7) is 0. The standard InChI is InChI=1S/C10H8BrClO4S/c11-9-3-2-7(6-8(9)10(13)14)17(15,16)5-1-4-12/h1-4,6H,5H2,(H,13,14)/b4-1+. The molecule has 1 N–H and O–H groups in total. The van der Waals surface area contributed by atoms with Crippen LogP contribution in [0.3, 0.4) is 0 Å². The first-order valence-corrected chi connectivity index (χ1v) is 7.27. The van der Waals surface area contributed by atoms with E-state index in [2.05, 4.69) is 15.9 Å². The Kier molecular flexibility index (Phi) is 4.73. The number of halogens is 2. The zero-order valence-corrected chi connectivity index (χ0v) is 11.6. The van der Waals surface area contributed by atoms with E-state index in [1.165, 1.54) is 18.2 Å². The van der Waals surface area contributed by atoms with Crippen LogP contribution in [0.1, 0.15) is 10.4 Å². The molecule has 4 nitrogen and oxygen atoms in total. The quantitative estimate of drug-likeness (QED) is 0.915. The van der Waals surface area contributed by atoms with Gasteiger partial charge in [-0.05, 0) is 34.1 Å². The van der Waals surface area contributed by atoms with E-state index in [9.17, 15) is 13.2 Å². The molecule has 0 aliphatic heterocycles. The van der Waals surface area contributed by atoms with Crippen molar-refractivity contribution in [3.63, 3.8) is 0 Å². The summed E-state index contributed by atoms with van der Waals surface area (Å²) in [5.74, 6) is -1.46. The molecular formula is C10H8BrClO4S. The molecule has 0 aliphatic rings. The van der Waals surface area contributed by atoms with Crippen molar-refractivity contribution in [2.45, 2.75) is 4.90 Å². The van der Waals surface area contributed by atoms with Crippen molar-refractivity contribution in [2.24, 2.45) is 0 Å². The first-order valence-electron chi connectivity index (χ1n) is 4.39. The zero-order valence-electron chi connectivity index (χ0n) is 8.43. The second-order valence-electron chi connectivity index (χ2n) is 3.09. The Labute approximate surface area is 112 Å². The van der Waals surface area contributed by atoms with E-state index in [0.29, 0.717) is 4.47 Å². The molecule has 0 heterocycles. The van der Waals surface area contributed by atoms with Crippen LogP contribution in [0.15, 0.2) is 39.2 Å². The zero-order chi connectivity index (χ0) is 13.1. The third kappa shape index (κ3) is 3.55. The highest BCUT2D eigenvalue weighted by Gasteiger charge is 2.17. The molecule has 0 amide bonds. The summed E-state index contributed by atoms with van der Waals surface area (Å²) in [4.78, 5) is 10.8. The highest BCUT2D eigenvalue weighted by atomic mass is 79.9. The van der Waals surface area contributed by atoms with Crippen molar-refractivity contribution in [3.8, 4) is 0 Å². The number of benzene rings is 1. The lowest BCUT2D eigenvalue weighted by molar-refractivity contribution is 0.0695. The van der Waals surface area contributed by atoms with Crippen molar-refractivity contribution in [2.75, 3.05) is 5.75 Å². The van der Waals surface area contributed by atoms with E-state index < -0.39 is 15.8 Å². The maximum Gasteiger partial charge on any atom is 0.336 e. The molecule has 0 radical (unpaired) electrons. The summed E-state index contributed by atoms with van der Waals surface area (Å²) in [5.41, 5.74) is 1.01.